The largest absolute Gasteiger partial charge is 0.493 e. The van der Waals surface area contributed by atoms with Gasteiger partial charge in [-0.15, -0.1) is 0 Å². The number of carbonyl (C=O) groups is 1. The number of esters is 1. The average Bonchev–Trinajstić information content (AvgIpc) is 2.35. The first-order chi connectivity index (χ1) is 8.27. The number of hydrogen-bond acceptors (Lipinski definition) is 3. The van der Waals surface area contributed by atoms with Crippen molar-refractivity contribution in [1.82, 2.24) is 0 Å². The summed E-state index contributed by atoms with van der Waals surface area (Å²) in [6.07, 6.45) is 6.14. The van der Waals surface area contributed by atoms with Crippen molar-refractivity contribution in [3.05, 3.63) is 36.4 Å². The molecule has 92 valence electrons. The summed E-state index contributed by atoms with van der Waals surface area (Å²) in [4.78, 5) is 11.5. The van der Waals surface area contributed by atoms with Crippen LogP contribution >= 0.6 is 0 Å². The lowest BCUT2D eigenvalue weighted by Gasteiger charge is -2.08. The third-order valence-corrected chi connectivity index (χ3v) is 2.28. The summed E-state index contributed by atoms with van der Waals surface area (Å²) in [7, 11) is 1.55. The highest BCUT2D eigenvalue weighted by atomic mass is 16.6. The fraction of sp³-hybridized carbons (Fsp3) is 0.357. The maximum atomic E-state index is 11.5. The van der Waals surface area contributed by atoms with E-state index in [1.54, 1.807) is 19.2 Å². The minimum Gasteiger partial charge on any atom is -0.493 e. The van der Waals surface area contributed by atoms with Crippen LogP contribution in [0.2, 0.25) is 0 Å². The molecule has 0 N–H and O–H groups in total. The molecular formula is C14H18O3. The third-order valence-electron chi connectivity index (χ3n) is 2.28. The van der Waals surface area contributed by atoms with Crippen LogP contribution in [0.25, 0.3) is 0 Å². The van der Waals surface area contributed by atoms with E-state index in [9.17, 15) is 4.79 Å². The molecule has 0 aliphatic rings. The van der Waals surface area contributed by atoms with Crippen molar-refractivity contribution in [2.24, 2.45) is 0 Å². The van der Waals surface area contributed by atoms with Crippen molar-refractivity contribution in [1.29, 1.82) is 0 Å². The molecule has 0 amide bonds. The van der Waals surface area contributed by atoms with E-state index in [0.717, 1.165) is 12.8 Å². The highest BCUT2D eigenvalue weighted by Gasteiger charge is 2.08. The van der Waals surface area contributed by atoms with Crippen LogP contribution in [0.1, 0.15) is 26.2 Å². The number of para-hydroxylation sites is 2. The van der Waals surface area contributed by atoms with E-state index in [-0.39, 0.29) is 5.97 Å². The average molecular weight is 234 g/mol. The Bertz CT molecular complexity index is 383. The molecular weight excluding hydrogens is 216 g/mol. The van der Waals surface area contributed by atoms with Gasteiger partial charge in [0.1, 0.15) is 0 Å². The molecule has 0 unspecified atom stereocenters. The van der Waals surface area contributed by atoms with Crippen LogP contribution in [0.3, 0.4) is 0 Å². The fourth-order valence-electron chi connectivity index (χ4n) is 1.41. The van der Waals surface area contributed by atoms with Crippen LogP contribution in [0.4, 0.5) is 0 Å². The Morgan fingerprint density at radius 3 is 2.65 bits per heavy atom. The second-order valence-corrected chi connectivity index (χ2v) is 3.59. The Kier molecular flexibility index (Phi) is 5.86. The summed E-state index contributed by atoms with van der Waals surface area (Å²) in [6.45, 7) is 1.97. The lowest BCUT2D eigenvalue weighted by molar-refractivity contribution is -0.134. The number of hydrogen-bond donors (Lipinski definition) is 0. The number of unbranched alkanes of at least 4 members (excludes halogenated alkanes) is 1. The van der Waals surface area contributed by atoms with E-state index in [0.29, 0.717) is 17.9 Å². The topological polar surface area (TPSA) is 35.5 Å². The van der Waals surface area contributed by atoms with Crippen LogP contribution in [0.5, 0.6) is 11.5 Å². The molecule has 0 fully saturated rings. The molecule has 0 heterocycles. The van der Waals surface area contributed by atoms with Crippen LogP contribution in [0, 0.1) is 0 Å². The van der Waals surface area contributed by atoms with Crippen LogP contribution in [-0.2, 0) is 4.79 Å². The molecule has 0 aliphatic heterocycles. The van der Waals surface area contributed by atoms with Gasteiger partial charge in [0.2, 0.25) is 0 Å². The predicted molar refractivity (Wildman–Crippen MR) is 67.3 cm³/mol. The predicted octanol–water partition coefficient (Wildman–Crippen LogP) is 3.35. The van der Waals surface area contributed by atoms with Gasteiger partial charge in [-0.3, -0.25) is 4.79 Å². The zero-order chi connectivity index (χ0) is 12.5. The highest BCUT2D eigenvalue weighted by molar-refractivity contribution is 5.73. The summed E-state index contributed by atoms with van der Waals surface area (Å²) < 4.78 is 10.3. The minimum atomic E-state index is -0.223. The molecule has 0 spiro atoms. The molecule has 0 saturated carbocycles. The van der Waals surface area contributed by atoms with Gasteiger partial charge < -0.3 is 9.47 Å². The van der Waals surface area contributed by atoms with E-state index in [1.165, 1.54) is 0 Å². The third kappa shape index (κ3) is 4.72. The quantitative estimate of drug-likeness (QED) is 0.328. The van der Waals surface area contributed by atoms with E-state index < -0.39 is 0 Å². The normalized spacial score (nSPS) is 10.5. The smallest absolute Gasteiger partial charge is 0.311 e. The second-order valence-electron chi connectivity index (χ2n) is 3.59. The number of rotatable bonds is 6. The van der Waals surface area contributed by atoms with Gasteiger partial charge in [-0.25, -0.2) is 0 Å². The molecule has 3 nitrogen and oxygen atoms in total. The van der Waals surface area contributed by atoms with Crippen LogP contribution < -0.4 is 9.47 Å². The second kappa shape index (κ2) is 7.49. The zero-order valence-electron chi connectivity index (χ0n) is 10.3. The summed E-state index contributed by atoms with van der Waals surface area (Å²) in [5.74, 6) is 0.833. The molecule has 0 atom stereocenters. The van der Waals surface area contributed by atoms with Gasteiger partial charge in [-0.1, -0.05) is 24.3 Å². The first-order valence-electron chi connectivity index (χ1n) is 5.72. The first-order valence-corrected chi connectivity index (χ1v) is 5.72. The van der Waals surface area contributed by atoms with Crippen molar-refractivity contribution >= 4 is 5.97 Å². The van der Waals surface area contributed by atoms with Crippen molar-refractivity contribution in [3.63, 3.8) is 0 Å². The molecule has 0 bridgehead atoms. The van der Waals surface area contributed by atoms with Gasteiger partial charge in [-0.05, 0) is 31.9 Å². The van der Waals surface area contributed by atoms with E-state index in [2.05, 4.69) is 0 Å². The fourth-order valence-corrected chi connectivity index (χ4v) is 1.41. The van der Waals surface area contributed by atoms with E-state index in [4.69, 9.17) is 9.47 Å². The molecule has 1 aromatic rings. The van der Waals surface area contributed by atoms with Crippen molar-refractivity contribution < 1.29 is 14.3 Å². The summed E-state index contributed by atoms with van der Waals surface area (Å²) in [6, 6.07) is 7.14. The lowest BCUT2D eigenvalue weighted by Crippen LogP contribution is -2.08. The monoisotopic (exact) mass is 234 g/mol. The Hall–Kier alpha value is -1.77. The van der Waals surface area contributed by atoms with Crippen molar-refractivity contribution in [2.45, 2.75) is 26.2 Å². The molecule has 0 aliphatic carbocycles. The zero-order valence-corrected chi connectivity index (χ0v) is 10.3. The lowest BCUT2D eigenvalue weighted by atomic mass is 10.2. The summed E-state index contributed by atoms with van der Waals surface area (Å²) in [5, 5.41) is 0. The first kappa shape index (κ1) is 13.3. The maximum Gasteiger partial charge on any atom is 0.311 e. The molecule has 17 heavy (non-hydrogen) atoms. The number of benzene rings is 1. The molecule has 0 radical (unpaired) electrons. The summed E-state index contributed by atoms with van der Waals surface area (Å²) in [5.41, 5.74) is 0. The molecule has 3 heteroatoms. The number of methoxy groups -OCH3 is 1. The Labute approximate surface area is 102 Å². The molecule has 0 saturated heterocycles. The van der Waals surface area contributed by atoms with Crippen LogP contribution in [-0.4, -0.2) is 13.1 Å². The van der Waals surface area contributed by atoms with E-state index >= 15 is 0 Å². The Balaban J connectivity index is 2.44. The molecule has 1 rings (SSSR count). The number of ether oxygens (including phenoxy) is 2. The standard InChI is InChI=1S/C14H18O3/c1-3-4-5-6-11-14(15)17-13-10-8-7-9-12(13)16-2/h3-4,7-10H,5-6,11H2,1-2H3/b4-3+. The highest BCUT2D eigenvalue weighted by Crippen LogP contribution is 2.26. The minimum absolute atomic E-state index is 0.223. The van der Waals surface area contributed by atoms with Gasteiger partial charge in [0.25, 0.3) is 0 Å². The van der Waals surface area contributed by atoms with Gasteiger partial charge in [0.05, 0.1) is 7.11 Å². The van der Waals surface area contributed by atoms with Gasteiger partial charge in [0.15, 0.2) is 11.5 Å². The number of allylic oxidation sites excluding steroid dienone is 2. The van der Waals surface area contributed by atoms with Crippen molar-refractivity contribution in [2.75, 3.05) is 7.11 Å². The molecule has 1 aromatic carbocycles. The SMILES string of the molecule is C/C=C/CCCC(=O)Oc1ccccc1OC. The van der Waals surface area contributed by atoms with Crippen molar-refractivity contribution in [3.8, 4) is 11.5 Å². The van der Waals surface area contributed by atoms with Gasteiger partial charge >= 0.3 is 5.97 Å². The molecule has 0 aromatic heterocycles. The van der Waals surface area contributed by atoms with E-state index in [1.807, 2.05) is 31.2 Å². The Morgan fingerprint density at radius 1 is 1.29 bits per heavy atom. The van der Waals surface area contributed by atoms with Gasteiger partial charge in [0, 0.05) is 6.42 Å². The van der Waals surface area contributed by atoms with Crippen LogP contribution in [0.15, 0.2) is 36.4 Å². The maximum absolute atomic E-state index is 11.5. The van der Waals surface area contributed by atoms with Gasteiger partial charge in [-0.2, -0.15) is 0 Å². The summed E-state index contributed by atoms with van der Waals surface area (Å²) >= 11 is 0. The Morgan fingerprint density at radius 2 is 2.00 bits per heavy atom. The number of carbonyl (C=O) groups excluding carboxylic acids is 1.